The summed E-state index contributed by atoms with van der Waals surface area (Å²) in [5.41, 5.74) is 0.791. The summed E-state index contributed by atoms with van der Waals surface area (Å²) < 4.78 is 65.8. The van der Waals surface area contributed by atoms with Crippen LogP contribution in [0, 0.1) is 11.6 Å². The van der Waals surface area contributed by atoms with Crippen molar-refractivity contribution in [3.8, 4) is 5.75 Å². The number of methoxy groups -OCH3 is 1. The van der Waals surface area contributed by atoms with E-state index < -0.39 is 40.0 Å². The fourth-order valence-corrected chi connectivity index (χ4v) is 5.63. The molecule has 0 spiro atoms. The highest BCUT2D eigenvalue weighted by molar-refractivity contribution is 7.99. The van der Waals surface area contributed by atoms with Crippen molar-refractivity contribution in [1.82, 2.24) is 4.31 Å². The van der Waals surface area contributed by atoms with Crippen molar-refractivity contribution in [1.29, 1.82) is 0 Å². The first-order chi connectivity index (χ1) is 16.7. The van der Waals surface area contributed by atoms with Gasteiger partial charge in [-0.15, -0.1) is 11.8 Å². The second-order valence-corrected chi connectivity index (χ2v) is 10.8. The van der Waals surface area contributed by atoms with Crippen molar-refractivity contribution in [3.05, 3.63) is 89.0 Å². The van der Waals surface area contributed by atoms with Crippen LogP contribution in [0.25, 0.3) is 0 Å². The number of rotatable bonds is 11. The molecule has 0 saturated carbocycles. The van der Waals surface area contributed by atoms with Crippen molar-refractivity contribution >= 4 is 39.4 Å². The fourth-order valence-electron chi connectivity index (χ4n) is 3.04. The van der Waals surface area contributed by atoms with Crippen LogP contribution in [0.4, 0.5) is 8.78 Å². The van der Waals surface area contributed by atoms with Gasteiger partial charge in [-0.1, -0.05) is 41.9 Å². The van der Waals surface area contributed by atoms with Gasteiger partial charge in [-0.25, -0.2) is 22.0 Å². The molecule has 0 bridgehead atoms. The minimum Gasteiger partial charge on any atom is -0.476 e. The van der Waals surface area contributed by atoms with E-state index in [0.717, 1.165) is 36.6 Å². The van der Waals surface area contributed by atoms with Crippen LogP contribution >= 0.6 is 23.4 Å². The molecule has 0 amide bonds. The van der Waals surface area contributed by atoms with Crippen molar-refractivity contribution in [2.45, 2.75) is 16.3 Å². The Morgan fingerprint density at radius 3 is 2.26 bits per heavy atom. The number of ether oxygens (including phenoxy) is 2. The maximum absolute atomic E-state index is 14.3. The maximum atomic E-state index is 14.3. The Morgan fingerprint density at radius 1 is 1.03 bits per heavy atom. The highest BCUT2D eigenvalue weighted by Crippen LogP contribution is 2.29. The largest absolute Gasteiger partial charge is 0.476 e. The summed E-state index contributed by atoms with van der Waals surface area (Å²) in [4.78, 5) is 11.5. The summed E-state index contributed by atoms with van der Waals surface area (Å²) in [5, 5.41) is 0.414. The van der Waals surface area contributed by atoms with Gasteiger partial charge in [0.2, 0.25) is 10.0 Å². The summed E-state index contributed by atoms with van der Waals surface area (Å²) in [6, 6.07) is 17.1. The van der Waals surface area contributed by atoms with Gasteiger partial charge in [-0.2, -0.15) is 4.31 Å². The van der Waals surface area contributed by atoms with Gasteiger partial charge >= 0.3 is 5.97 Å². The lowest BCUT2D eigenvalue weighted by molar-refractivity contribution is -0.143. The van der Waals surface area contributed by atoms with Crippen LogP contribution in [-0.2, 0) is 26.1 Å². The van der Waals surface area contributed by atoms with Crippen LogP contribution in [-0.4, -0.2) is 44.7 Å². The van der Waals surface area contributed by atoms with Gasteiger partial charge in [-0.3, -0.25) is 0 Å². The molecule has 0 saturated heterocycles. The Kier molecular flexibility index (Phi) is 9.50. The zero-order valence-electron chi connectivity index (χ0n) is 18.6. The molecule has 0 atom stereocenters. The standard InChI is InChI=1S/C24H22ClF2NO5S2/c1-32-23(29)16-33-24-21(26)13-19(14-22(24)27)34-12-11-28(15-17-5-3-2-4-6-17)35(30,31)20-9-7-18(25)8-10-20/h2-10,13-14H,11-12,15-16H2,1H3. The van der Waals surface area contributed by atoms with Gasteiger partial charge in [0.05, 0.1) is 12.0 Å². The molecule has 0 N–H and O–H groups in total. The molecule has 3 aromatic carbocycles. The summed E-state index contributed by atoms with van der Waals surface area (Å²) >= 11 is 6.98. The Balaban J connectivity index is 1.74. The van der Waals surface area contributed by atoms with Gasteiger partial charge in [0.25, 0.3) is 0 Å². The molecule has 0 aliphatic heterocycles. The van der Waals surface area contributed by atoms with Gasteiger partial charge < -0.3 is 9.47 Å². The summed E-state index contributed by atoms with van der Waals surface area (Å²) in [7, 11) is -2.73. The number of hydrogen-bond donors (Lipinski definition) is 0. The predicted molar refractivity (Wildman–Crippen MR) is 130 cm³/mol. The highest BCUT2D eigenvalue weighted by Gasteiger charge is 2.25. The summed E-state index contributed by atoms with van der Waals surface area (Å²) in [6.07, 6.45) is 0. The molecule has 0 aliphatic carbocycles. The van der Waals surface area contributed by atoms with Gasteiger partial charge in [0.15, 0.2) is 24.0 Å². The minimum absolute atomic E-state index is 0.0777. The molecule has 3 rings (SSSR count). The molecule has 0 heterocycles. The molecule has 0 aromatic heterocycles. The van der Waals surface area contributed by atoms with Crippen LogP contribution < -0.4 is 4.74 Å². The average molecular weight is 542 g/mol. The number of carbonyl (C=O) groups excluding carboxylic acids is 1. The smallest absolute Gasteiger partial charge is 0.343 e. The van der Waals surface area contributed by atoms with E-state index in [-0.39, 0.29) is 28.6 Å². The lowest BCUT2D eigenvalue weighted by Crippen LogP contribution is -2.32. The lowest BCUT2D eigenvalue weighted by atomic mass is 10.2. The number of sulfonamides is 1. The lowest BCUT2D eigenvalue weighted by Gasteiger charge is -2.22. The van der Waals surface area contributed by atoms with Crippen LogP contribution in [0.3, 0.4) is 0 Å². The molecule has 6 nitrogen and oxygen atoms in total. The quantitative estimate of drug-likeness (QED) is 0.247. The van der Waals surface area contributed by atoms with Gasteiger partial charge in [-0.05, 0) is 42.0 Å². The van der Waals surface area contributed by atoms with E-state index in [2.05, 4.69) is 4.74 Å². The van der Waals surface area contributed by atoms with Crippen molar-refractivity contribution in [3.63, 3.8) is 0 Å². The molecule has 0 fully saturated rings. The number of thioether (sulfide) groups is 1. The Bertz CT molecular complexity index is 1240. The van der Waals surface area contributed by atoms with E-state index in [9.17, 15) is 22.0 Å². The average Bonchev–Trinajstić information content (AvgIpc) is 2.83. The third-order valence-corrected chi connectivity index (χ3v) is 7.86. The molecule has 186 valence electrons. The van der Waals surface area contributed by atoms with E-state index >= 15 is 0 Å². The van der Waals surface area contributed by atoms with E-state index in [4.69, 9.17) is 16.3 Å². The third-order valence-electron chi connectivity index (χ3n) is 4.80. The second kappa shape index (κ2) is 12.3. The zero-order valence-corrected chi connectivity index (χ0v) is 21.0. The normalized spacial score (nSPS) is 11.5. The first-order valence-electron chi connectivity index (χ1n) is 10.3. The zero-order chi connectivity index (χ0) is 25.4. The number of carbonyl (C=O) groups is 1. The van der Waals surface area contributed by atoms with Crippen LogP contribution in [0.15, 0.2) is 76.5 Å². The second-order valence-electron chi connectivity index (χ2n) is 7.21. The molecular weight excluding hydrogens is 520 g/mol. The maximum Gasteiger partial charge on any atom is 0.343 e. The van der Waals surface area contributed by atoms with E-state index in [0.29, 0.717) is 5.02 Å². The molecular formula is C24H22ClF2NO5S2. The first kappa shape index (κ1) is 26.9. The summed E-state index contributed by atoms with van der Waals surface area (Å²) in [6.45, 7) is -0.433. The van der Waals surface area contributed by atoms with Crippen LogP contribution in [0.2, 0.25) is 5.02 Å². The topological polar surface area (TPSA) is 72.9 Å². The Morgan fingerprint density at radius 2 is 1.66 bits per heavy atom. The molecule has 3 aromatic rings. The summed E-state index contributed by atoms with van der Waals surface area (Å²) in [5.74, 6) is -3.20. The molecule has 35 heavy (non-hydrogen) atoms. The number of halogens is 3. The SMILES string of the molecule is COC(=O)COc1c(F)cc(SCCN(Cc2ccccc2)S(=O)(=O)c2ccc(Cl)cc2)cc1F. The van der Waals surface area contributed by atoms with E-state index in [1.54, 1.807) is 0 Å². The predicted octanol–water partition coefficient (Wildman–Crippen LogP) is 5.15. The number of nitrogens with zero attached hydrogens (tertiary/aromatic N) is 1. The number of hydrogen-bond acceptors (Lipinski definition) is 6. The molecule has 0 radical (unpaired) electrons. The Labute approximate surface area is 211 Å². The number of esters is 1. The molecule has 0 unspecified atom stereocenters. The fraction of sp³-hybridized carbons (Fsp3) is 0.208. The third kappa shape index (κ3) is 7.41. The molecule has 11 heteroatoms. The van der Waals surface area contributed by atoms with Crippen molar-refractivity contribution in [2.75, 3.05) is 26.0 Å². The van der Waals surface area contributed by atoms with E-state index in [1.807, 2.05) is 30.3 Å². The van der Waals surface area contributed by atoms with Crippen LogP contribution in [0.1, 0.15) is 5.56 Å². The number of benzene rings is 3. The highest BCUT2D eigenvalue weighted by atomic mass is 35.5. The van der Waals surface area contributed by atoms with Crippen molar-refractivity contribution in [2.24, 2.45) is 0 Å². The van der Waals surface area contributed by atoms with Crippen LogP contribution in [0.5, 0.6) is 5.75 Å². The molecule has 0 aliphatic rings. The Hall–Kier alpha value is -2.66. The van der Waals surface area contributed by atoms with Gasteiger partial charge in [0.1, 0.15) is 0 Å². The minimum atomic E-state index is -3.86. The first-order valence-corrected chi connectivity index (χ1v) is 13.1. The van der Waals surface area contributed by atoms with Crippen molar-refractivity contribution < 1.29 is 31.5 Å². The monoisotopic (exact) mass is 541 g/mol. The van der Waals surface area contributed by atoms with E-state index in [1.165, 1.54) is 28.6 Å². The van der Waals surface area contributed by atoms with Gasteiger partial charge in [0, 0.05) is 28.8 Å².